The smallest absolute Gasteiger partial charge is 0.223 e. The minimum atomic E-state index is 0.0754. The maximum atomic E-state index is 12.6. The van der Waals surface area contributed by atoms with Gasteiger partial charge in [-0.25, -0.2) is 0 Å². The van der Waals surface area contributed by atoms with Crippen molar-refractivity contribution in [3.05, 3.63) is 42.5 Å². The fourth-order valence-corrected chi connectivity index (χ4v) is 4.11. The molecule has 1 amide bonds. The Kier molecular flexibility index (Phi) is 6.76. The van der Waals surface area contributed by atoms with Crippen LogP contribution in [0.15, 0.2) is 42.5 Å². The van der Waals surface area contributed by atoms with E-state index in [2.05, 4.69) is 39.2 Å². The van der Waals surface area contributed by atoms with Crippen molar-refractivity contribution in [1.29, 1.82) is 0 Å². The predicted molar refractivity (Wildman–Crippen MR) is 122 cm³/mol. The highest BCUT2D eigenvalue weighted by atomic mass is 16.1. The van der Waals surface area contributed by atoms with Crippen molar-refractivity contribution in [2.45, 2.75) is 26.7 Å². The van der Waals surface area contributed by atoms with Gasteiger partial charge in [0.05, 0.1) is 0 Å². The predicted octanol–water partition coefficient (Wildman–Crippen LogP) is 2.47. The van der Waals surface area contributed by atoms with E-state index in [0.717, 1.165) is 75.0 Å². The quantitative estimate of drug-likeness (QED) is 0.602. The second kappa shape index (κ2) is 9.87. The summed E-state index contributed by atoms with van der Waals surface area (Å²) in [5.74, 6) is 1.89. The molecule has 4 rings (SSSR count). The maximum Gasteiger partial charge on any atom is 0.223 e. The third-order valence-electron chi connectivity index (χ3n) is 6.09. The molecule has 0 bridgehead atoms. The van der Waals surface area contributed by atoms with E-state index in [-0.39, 0.29) is 11.8 Å². The number of nitrogens with zero attached hydrogens (tertiary/aromatic N) is 6. The molecule has 8 nitrogen and oxygen atoms in total. The normalized spacial score (nSPS) is 15.0. The second-order valence-electron chi connectivity index (χ2n) is 7.93. The van der Waals surface area contributed by atoms with Crippen LogP contribution >= 0.6 is 0 Å². The molecule has 164 valence electrons. The van der Waals surface area contributed by atoms with Gasteiger partial charge in [-0.3, -0.25) is 4.79 Å². The largest absolute Gasteiger partial charge is 0.355 e. The minimum Gasteiger partial charge on any atom is -0.355 e. The van der Waals surface area contributed by atoms with E-state index in [1.165, 1.54) is 0 Å². The van der Waals surface area contributed by atoms with E-state index in [4.69, 9.17) is 5.10 Å². The lowest BCUT2D eigenvalue weighted by Crippen LogP contribution is -2.43. The Morgan fingerprint density at radius 1 is 1.06 bits per heavy atom. The van der Waals surface area contributed by atoms with Crippen LogP contribution in [0.2, 0.25) is 0 Å². The molecule has 0 saturated carbocycles. The van der Waals surface area contributed by atoms with Crippen molar-refractivity contribution in [3.8, 4) is 11.4 Å². The van der Waals surface area contributed by atoms with Gasteiger partial charge in [0.2, 0.25) is 5.91 Å². The number of hydrogen-bond donors (Lipinski definition) is 1. The van der Waals surface area contributed by atoms with Crippen molar-refractivity contribution in [2.24, 2.45) is 5.92 Å². The van der Waals surface area contributed by atoms with Gasteiger partial charge in [-0.05, 0) is 38.1 Å². The number of carbonyl (C=O) groups excluding carboxylic acids is 1. The van der Waals surface area contributed by atoms with Gasteiger partial charge in [0.15, 0.2) is 11.5 Å². The van der Waals surface area contributed by atoms with Gasteiger partial charge in [0.25, 0.3) is 0 Å². The van der Waals surface area contributed by atoms with E-state index in [9.17, 15) is 4.79 Å². The molecule has 0 spiro atoms. The summed E-state index contributed by atoms with van der Waals surface area (Å²) in [7, 11) is 0. The lowest BCUT2D eigenvalue weighted by Gasteiger charge is -2.32. The minimum absolute atomic E-state index is 0.0754. The summed E-state index contributed by atoms with van der Waals surface area (Å²) in [6.07, 6.45) is 1.68. The van der Waals surface area contributed by atoms with Gasteiger partial charge in [-0.1, -0.05) is 44.2 Å². The SMILES string of the molecule is CCN(CC)CCNC(=O)C1CCN(c2ccc3nnc(-c4ccccc4)n3n2)CC1. The molecule has 1 aliphatic rings. The van der Waals surface area contributed by atoms with Crippen LogP contribution in [0.5, 0.6) is 0 Å². The maximum absolute atomic E-state index is 12.6. The molecule has 1 aliphatic heterocycles. The van der Waals surface area contributed by atoms with Crippen molar-refractivity contribution in [3.63, 3.8) is 0 Å². The number of likely N-dealkylation sites (N-methyl/N-ethyl adjacent to an activating group) is 1. The summed E-state index contributed by atoms with van der Waals surface area (Å²) in [5, 5.41) is 16.5. The lowest BCUT2D eigenvalue weighted by molar-refractivity contribution is -0.125. The Hall–Kier alpha value is -3.00. The van der Waals surface area contributed by atoms with Crippen molar-refractivity contribution in [2.75, 3.05) is 44.2 Å². The topological polar surface area (TPSA) is 78.7 Å². The number of rotatable bonds is 8. The van der Waals surface area contributed by atoms with E-state index in [1.54, 1.807) is 4.52 Å². The summed E-state index contributed by atoms with van der Waals surface area (Å²) in [4.78, 5) is 17.1. The zero-order chi connectivity index (χ0) is 21.6. The standard InChI is InChI=1S/C23H31N7O/c1-3-28(4-2)17-14-24-23(31)19-12-15-29(16-13-19)21-11-10-20-25-26-22(30(20)27-21)18-8-6-5-7-9-18/h5-11,19H,3-4,12-17H2,1-2H3,(H,24,31). The molecule has 0 atom stereocenters. The Labute approximate surface area is 183 Å². The van der Waals surface area contributed by atoms with E-state index < -0.39 is 0 Å². The van der Waals surface area contributed by atoms with Gasteiger partial charge in [-0.15, -0.1) is 15.3 Å². The van der Waals surface area contributed by atoms with E-state index in [1.807, 2.05) is 42.5 Å². The summed E-state index contributed by atoms with van der Waals surface area (Å²) < 4.78 is 1.80. The van der Waals surface area contributed by atoms with Gasteiger partial charge in [0, 0.05) is 37.7 Å². The third-order valence-corrected chi connectivity index (χ3v) is 6.09. The molecule has 31 heavy (non-hydrogen) atoms. The molecule has 3 heterocycles. The molecule has 0 unspecified atom stereocenters. The van der Waals surface area contributed by atoms with Crippen LogP contribution in [0.25, 0.3) is 17.0 Å². The number of nitrogens with one attached hydrogen (secondary N) is 1. The van der Waals surface area contributed by atoms with Crippen LogP contribution in [-0.4, -0.2) is 69.9 Å². The zero-order valence-corrected chi connectivity index (χ0v) is 18.4. The number of carbonyl (C=O) groups is 1. The van der Waals surface area contributed by atoms with Crippen LogP contribution in [0.1, 0.15) is 26.7 Å². The molecular weight excluding hydrogens is 390 g/mol. The summed E-state index contributed by atoms with van der Waals surface area (Å²) >= 11 is 0. The van der Waals surface area contributed by atoms with Crippen LogP contribution in [-0.2, 0) is 4.79 Å². The summed E-state index contributed by atoms with van der Waals surface area (Å²) in [5.41, 5.74) is 1.71. The van der Waals surface area contributed by atoms with Gasteiger partial charge in [-0.2, -0.15) is 4.52 Å². The van der Waals surface area contributed by atoms with Crippen LogP contribution < -0.4 is 10.2 Å². The highest BCUT2D eigenvalue weighted by molar-refractivity contribution is 5.79. The van der Waals surface area contributed by atoms with Gasteiger partial charge < -0.3 is 15.1 Å². The first-order chi connectivity index (χ1) is 15.2. The second-order valence-corrected chi connectivity index (χ2v) is 7.93. The number of piperidine rings is 1. The lowest BCUT2D eigenvalue weighted by atomic mass is 9.96. The number of amides is 1. The van der Waals surface area contributed by atoms with E-state index >= 15 is 0 Å². The van der Waals surface area contributed by atoms with Gasteiger partial charge in [0.1, 0.15) is 5.82 Å². The number of hydrogen-bond acceptors (Lipinski definition) is 6. The molecule has 2 aromatic heterocycles. The van der Waals surface area contributed by atoms with Crippen LogP contribution in [0.4, 0.5) is 5.82 Å². The Balaban J connectivity index is 1.37. The fraction of sp³-hybridized carbons (Fsp3) is 0.478. The molecule has 0 aliphatic carbocycles. The van der Waals surface area contributed by atoms with Crippen LogP contribution in [0.3, 0.4) is 0 Å². The van der Waals surface area contributed by atoms with Crippen molar-refractivity contribution < 1.29 is 4.79 Å². The molecule has 8 heteroatoms. The van der Waals surface area contributed by atoms with Crippen molar-refractivity contribution in [1.82, 2.24) is 30.0 Å². The first-order valence-corrected chi connectivity index (χ1v) is 11.2. The summed E-state index contributed by atoms with van der Waals surface area (Å²) in [6, 6.07) is 13.9. The van der Waals surface area contributed by atoms with E-state index in [0.29, 0.717) is 0 Å². The third kappa shape index (κ3) is 4.85. The Bertz CT molecular complexity index is 992. The fourth-order valence-electron chi connectivity index (χ4n) is 4.11. The average Bonchev–Trinajstić information content (AvgIpc) is 3.26. The molecule has 1 aromatic carbocycles. The molecule has 0 radical (unpaired) electrons. The van der Waals surface area contributed by atoms with Gasteiger partial charge >= 0.3 is 0 Å². The monoisotopic (exact) mass is 421 g/mol. The first-order valence-electron chi connectivity index (χ1n) is 11.2. The Morgan fingerprint density at radius 2 is 1.81 bits per heavy atom. The van der Waals surface area contributed by atoms with Crippen LogP contribution in [0, 0.1) is 5.92 Å². The molecule has 1 N–H and O–H groups in total. The number of benzene rings is 1. The molecule has 1 fully saturated rings. The molecule has 3 aromatic rings. The first kappa shape index (κ1) is 21.2. The highest BCUT2D eigenvalue weighted by Crippen LogP contribution is 2.24. The number of aromatic nitrogens is 4. The van der Waals surface area contributed by atoms with Crippen molar-refractivity contribution >= 4 is 17.4 Å². The Morgan fingerprint density at radius 3 is 2.52 bits per heavy atom. The highest BCUT2D eigenvalue weighted by Gasteiger charge is 2.26. The number of fused-ring (bicyclic) bond motifs is 1. The molecule has 1 saturated heterocycles. The molecular formula is C23H31N7O. The number of anilines is 1. The average molecular weight is 422 g/mol. The summed E-state index contributed by atoms with van der Waals surface area (Å²) in [6.45, 7) is 9.58. The zero-order valence-electron chi connectivity index (χ0n) is 18.4.